The van der Waals surface area contributed by atoms with Crippen LogP contribution in [0.1, 0.15) is 10.4 Å². The maximum Gasteiger partial charge on any atom is 0.248 e. The zero-order valence-electron chi connectivity index (χ0n) is 10.6. The molecule has 0 radical (unpaired) electrons. The monoisotopic (exact) mass is 321 g/mol. The molecule has 1 unspecified atom stereocenters. The predicted octanol–water partition coefficient (Wildman–Crippen LogP) is 3.22. The first-order chi connectivity index (χ1) is 10.2. The maximum absolute atomic E-state index is 12.6. The Kier molecular flexibility index (Phi) is 3.81. The lowest BCUT2D eigenvalue weighted by Gasteiger charge is -2.19. The molecule has 0 amide bonds. The Labute approximate surface area is 130 Å². The lowest BCUT2D eigenvalue weighted by atomic mass is 10.0. The first kappa shape index (κ1) is 13.9. The summed E-state index contributed by atoms with van der Waals surface area (Å²) in [6.07, 6.45) is 3.15. The molecule has 1 aliphatic rings. The van der Waals surface area contributed by atoms with Gasteiger partial charge in [0.2, 0.25) is 5.95 Å². The molecule has 106 valence electrons. The molecule has 1 aromatic carbocycles. The minimum atomic E-state index is -0.622. The second-order valence-electron chi connectivity index (χ2n) is 4.29. The van der Waals surface area contributed by atoms with Crippen molar-refractivity contribution in [1.29, 1.82) is 0 Å². The van der Waals surface area contributed by atoms with Crippen LogP contribution in [0.4, 0.5) is 5.95 Å². The number of hydrogen-bond acceptors (Lipinski definition) is 6. The van der Waals surface area contributed by atoms with Gasteiger partial charge in [-0.3, -0.25) is 4.79 Å². The summed E-state index contributed by atoms with van der Waals surface area (Å²) in [6.45, 7) is 0.222. The lowest BCUT2D eigenvalue weighted by molar-refractivity contribution is 0.0965. The molecule has 1 aliphatic heterocycles. The second kappa shape index (κ2) is 5.75. The van der Waals surface area contributed by atoms with Crippen molar-refractivity contribution in [3.05, 3.63) is 52.3 Å². The molecule has 1 aromatic heterocycles. The van der Waals surface area contributed by atoms with E-state index in [2.05, 4.69) is 20.3 Å². The van der Waals surface area contributed by atoms with Gasteiger partial charge in [-0.15, -0.1) is 0 Å². The van der Waals surface area contributed by atoms with E-state index in [0.29, 0.717) is 16.5 Å². The van der Waals surface area contributed by atoms with Crippen LogP contribution < -0.4 is 5.01 Å². The van der Waals surface area contributed by atoms with E-state index in [-0.39, 0.29) is 17.4 Å². The molecule has 0 spiro atoms. The number of hydrogen-bond donors (Lipinski definition) is 0. The summed E-state index contributed by atoms with van der Waals surface area (Å²) < 4.78 is 0. The zero-order chi connectivity index (χ0) is 14.8. The van der Waals surface area contributed by atoms with Crippen LogP contribution in [0.5, 0.6) is 0 Å². The topological polar surface area (TPSA) is 70.8 Å². The van der Waals surface area contributed by atoms with E-state index in [4.69, 9.17) is 23.2 Å². The van der Waals surface area contributed by atoms with Crippen LogP contribution in [0.2, 0.25) is 10.0 Å². The molecule has 0 saturated carbocycles. The molecule has 2 heterocycles. The number of aromatic nitrogens is 2. The smallest absolute Gasteiger partial charge is 0.248 e. The van der Waals surface area contributed by atoms with Crippen LogP contribution >= 0.6 is 23.2 Å². The number of Topliss-reactive ketones (excluding diaryl/α,β-unsaturated/α-hetero) is 1. The number of benzene rings is 1. The normalized spacial score (nSPS) is 17.2. The zero-order valence-corrected chi connectivity index (χ0v) is 12.2. The van der Waals surface area contributed by atoms with Gasteiger partial charge in [0.1, 0.15) is 6.04 Å². The highest BCUT2D eigenvalue weighted by molar-refractivity contribution is 6.44. The Bertz CT molecular complexity index is 707. The van der Waals surface area contributed by atoms with Crippen LogP contribution in [0.25, 0.3) is 0 Å². The van der Waals surface area contributed by atoms with Gasteiger partial charge in [-0.05, 0) is 18.2 Å². The standard InChI is InChI=1S/C13H9Cl2N5O/c14-9-4-1-3-8(11(9)15)12(21)10-7-18-19-20(10)13-16-5-2-6-17-13/h1-6,10H,7H2. The average Bonchev–Trinajstić information content (AvgIpc) is 3.00. The third kappa shape index (κ3) is 2.59. The van der Waals surface area contributed by atoms with Crippen LogP contribution in [0, 0.1) is 0 Å². The number of ketones is 1. The third-order valence-corrected chi connectivity index (χ3v) is 3.81. The van der Waals surface area contributed by atoms with Crippen molar-refractivity contribution >= 4 is 34.9 Å². The molecular weight excluding hydrogens is 313 g/mol. The Hall–Kier alpha value is -2.05. The van der Waals surface area contributed by atoms with Crippen LogP contribution in [0.15, 0.2) is 47.0 Å². The van der Waals surface area contributed by atoms with Crippen LogP contribution in [0.3, 0.4) is 0 Å². The van der Waals surface area contributed by atoms with Crippen LogP contribution in [-0.4, -0.2) is 28.3 Å². The minimum absolute atomic E-state index is 0.222. The van der Waals surface area contributed by atoms with Gasteiger partial charge in [-0.2, -0.15) is 5.11 Å². The van der Waals surface area contributed by atoms with Gasteiger partial charge in [0.25, 0.3) is 0 Å². The maximum atomic E-state index is 12.6. The highest BCUT2D eigenvalue weighted by Crippen LogP contribution is 2.29. The summed E-state index contributed by atoms with van der Waals surface area (Å²) >= 11 is 12.0. The van der Waals surface area contributed by atoms with Crippen molar-refractivity contribution in [3.63, 3.8) is 0 Å². The number of rotatable bonds is 3. The van der Waals surface area contributed by atoms with Crippen molar-refractivity contribution in [2.45, 2.75) is 6.04 Å². The van der Waals surface area contributed by atoms with Crippen molar-refractivity contribution in [3.8, 4) is 0 Å². The average molecular weight is 322 g/mol. The summed E-state index contributed by atoms with van der Waals surface area (Å²) in [5, 5.41) is 9.76. The third-order valence-electron chi connectivity index (χ3n) is 2.99. The predicted molar refractivity (Wildman–Crippen MR) is 78.8 cm³/mol. The van der Waals surface area contributed by atoms with Crippen molar-refractivity contribution in [2.24, 2.45) is 10.3 Å². The molecule has 0 bridgehead atoms. The number of halogens is 2. The van der Waals surface area contributed by atoms with E-state index in [0.717, 1.165) is 0 Å². The van der Waals surface area contributed by atoms with Gasteiger partial charge < -0.3 is 0 Å². The number of nitrogens with zero attached hydrogens (tertiary/aromatic N) is 5. The summed E-state index contributed by atoms with van der Waals surface area (Å²) in [5.41, 5.74) is 0.336. The van der Waals surface area contributed by atoms with Gasteiger partial charge in [0.05, 0.1) is 16.6 Å². The molecule has 1 atom stereocenters. The van der Waals surface area contributed by atoms with E-state index in [1.54, 1.807) is 36.7 Å². The molecule has 3 rings (SSSR count). The Morgan fingerprint density at radius 2 is 1.95 bits per heavy atom. The van der Waals surface area contributed by atoms with Gasteiger partial charge in [-0.25, -0.2) is 15.0 Å². The first-order valence-electron chi connectivity index (χ1n) is 6.10. The van der Waals surface area contributed by atoms with Gasteiger partial charge in [0, 0.05) is 18.0 Å². The van der Waals surface area contributed by atoms with E-state index < -0.39 is 6.04 Å². The minimum Gasteiger partial charge on any atom is -0.292 e. The number of anilines is 1. The Balaban J connectivity index is 1.93. The fourth-order valence-electron chi connectivity index (χ4n) is 1.98. The first-order valence-corrected chi connectivity index (χ1v) is 6.86. The summed E-state index contributed by atoms with van der Waals surface area (Å²) in [6, 6.07) is 5.99. The van der Waals surface area contributed by atoms with Gasteiger partial charge in [-0.1, -0.05) is 34.5 Å². The van der Waals surface area contributed by atoms with E-state index in [1.807, 2.05) is 0 Å². The van der Waals surface area contributed by atoms with Crippen LogP contribution in [-0.2, 0) is 0 Å². The molecule has 0 saturated heterocycles. The van der Waals surface area contributed by atoms with E-state index in [9.17, 15) is 4.79 Å². The molecule has 0 fully saturated rings. The molecule has 0 aliphatic carbocycles. The highest BCUT2D eigenvalue weighted by atomic mass is 35.5. The Morgan fingerprint density at radius 3 is 2.71 bits per heavy atom. The SMILES string of the molecule is O=C(c1cccc(Cl)c1Cl)C1CN=NN1c1ncccn1. The number of carbonyl (C=O) groups is 1. The molecule has 6 nitrogen and oxygen atoms in total. The number of carbonyl (C=O) groups excluding carboxylic acids is 1. The molecule has 0 N–H and O–H groups in total. The summed E-state index contributed by atoms with van der Waals surface area (Å²) in [7, 11) is 0. The lowest BCUT2D eigenvalue weighted by Crippen LogP contribution is -2.37. The van der Waals surface area contributed by atoms with Crippen molar-refractivity contribution in [1.82, 2.24) is 9.97 Å². The summed E-state index contributed by atoms with van der Waals surface area (Å²) in [4.78, 5) is 20.8. The molecular formula is C13H9Cl2N5O. The van der Waals surface area contributed by atoms with Crippen molar-refractivity contribution < 1.29 is 4.79 Å². The Morgan fingerprint density at radius 1 is 1.19 bits per heavy atom. The molecule has 21 heavy (non-hydrogen) atoms. The largest absolute Gasteiger partial charge is 0.292 e. The second-order valence-corrected chi connectivity index (χ2v) is 5.07. The quantitative estimate of drug-likeness (QED) is 0.814. The van der Waals surface area contributed by atoms with Crippen molar-refractivity contribution in [2.75, 3.05) is 11.6 Å². The van der Waals surface area contributed by atoms with E-state index >= 15 is 0 Å². The van der Waals surface area contributed by atoms with Gasteiger partial charge in [0.15, 0.2) is 5.78 Å². The molecule has 8 heteroatoms. The fraction of sp³-hybridized carbons (Fsp3) is 0.154. The van der Waals surface area contributed by atoms with Gasteiger partial charge >= 0.3 is 0 Å². The van der Waals surface area contributed by atoms with E-state index in [1.165, 1.54) is 5.01 Å². The highest BCUT2D eigenvalue weighted by Gasteiger charge is 2.34. The molecule has 2 aromatic rings. The summed E-state index contributed by atoms with van der Waals surface area (Å²) in [5.74, 6) is 0.0928. The fourth-order valence-corrected chi connectivity index (χ4v) is 2.37.